The van der Waals surface area contributed by atoms with Gasteiger partial charge >= 0.3 is 11.7 Å². The topological polar surface area (TPSA) is 93.3 Å². The van der Waals surface area contributed by atoms with Crippen LogP contribution in [0.25, 0.3) is 11.0 Å². The van der Waals surface area contributed by atoms with Crippen molar-refractivity contribution in [2.45, 2.75) is 32.9 Å². The number of rotatable bonds is 7. The molecule has 0 radical (unpaired) electrons. The number of aromatic nitrogens is 2. The number of carboxylic acids is 1. The Kier molecular flexibility index (Phi) is 5.58. The van der Waals surface area contributed by atoms with Crippen molar-refractivity contribution in [1.82, 2.24) is 9.13 Å². The van der Waals surface area contributed by atoms with Gasteiger partial charge in [0.25, 0.3) is 0 Å². The van der Waals surface area contributed by atoms with E-state index in [0.717, 1.165) is 23.5 Å². The highest BCUT2D eigenvalue weighted by Gasteiger charge is 2.15. The third-order valence-corrected chi connectivity index (χ3v) is 4.42. The number of fused-ring (bicyclic) bond motifs is 1. The highest BCUT2D eigenvalue weighted by atomic mass is 19.1. The molecule has 0 unspecified atom stereocenters. The van der Waals surface area contributed by atoms with Crippen LogP contribution >= 0.6 is 0 Å². The Morgan fingerprint density at radius 2 is 1.71 bits per heavy atom. The molecule has 7 nitrogen and oxygen atoms in total. The lowest BCUT2D eigenvalue weighted by atomic mass is 10.2. The number of benzene rings is 2. The first-order valence-electron chi connectivity index (χ1n) is 8.93. The van der Waals surface area contributed by atoms with E-state index in [9.17, 15) is 18.8 Å². The van der Waals surface area contributed by atoms with E-state index in [2.05, 4.69) is 5.32 Å². The summed E-state index contributed by atoms with van der Waals surface area (Å²) in [6, 6.07) is 10.6. The summed E-state index contributed by atoms with van der Waals surface area (Å²) in [5.41, 5.74) is 1.06. The molecule has 0 aliphatic heterocycles. The molecule has 0 saturated carbocycles. The largest absolute Gasteiger partial charge is 0.478 e. The number of para-hydroxylation sites is 2. The fraction of sp³-hybridized carbons (Fsp3) is 0.250. The fourth-order valence-electron chi connectivity index (χ4n) is 3.10. The first-order chi connectivity index (χ1) is 13.4. The minimum absolute atomic E-state index is 0.0276. The lowest BCUT2D eigenvalue weighted by Crippen LogP contribution is -2.26. The zero-order valence-electron chi connectivity index (χ0n) is 15.3. The molecule has 0 bridgehead atoms. The third kappa shape index (κ3) is 3.80. The Bertz CT molecular complexity index is 1100. The molecular formula is C20H20FN3O4. The second-order valence-corrected chi connectivity index (χ2v) is 6.37. The number of nitrogens with zero attached hydrogens (tertiary/aromatic N) is 2. The second-order valence-electron chi connectivity index (χ2n) is 6.37. The van der Waals surface area contributed by atoms with Crippen LogP contribution in [-0.4, -0.2) is 26.1 Å². The van der Waals surface area contributed by atoms with Gasteiger partial charge in [-0.25, -0.2) is 14.0 Å². The van der Waals surface area contributed by atoms with Crippen molar-refractivity contribution < 1.29 is 19.1 Å². The van der Waals surface area contributed by atoms with Gasteiger partial charge in [0, 0.05) is 19.5 Å². The zero-order valence-corrected chi connectivity index (χ0v) is 15.3. The van der Waals surface area contributed by atoms with Gasteiger partial charge in [-0.2, -0.15) is 0 Å². The number of halogens is 1. The monoisotopic (exact) mass is 385 g/mol. The molecule has 1 amide bonds. The molecule has 0 aliphatic rings. The van der Waals surface area contributed by atoms with Gasteiger partial charge in [-0.05, 0) is 36.8 Å². The Morgan fingerprint density at radius 3 is 2.29 bits per heavy atom. The molecule has 2 aromatic carbocycles. The van der Waals surface area contributed by atoms with Crippen LogP contribution < -0.4 is 11.0 Å². The van der Waals surface area contributed by atoms with Gasteiger partial charge in [0.15, 0.2) is 0 Å². The highest BCUT2D eigenvalue weighted by Crippen LogP contribution is 2.17. The quantitative estimate of drug-likeness (QED) is 0.654. The first kappa shape index (κ1) is 19.3. The maximum Gasteiger partial charge on any atom is 0.335 e. The van der Waals surface area contributed by atoms with Crippen molar-refractivity contribution in [3.8, 4) is 0 Å². The summed E-state index contributed by atoms with van der Waals surface area (Å²) in [6.45, 7) is 2.71. The summed E-state index contributed by atoms with van der Waals surface area (Å²) >= 11 is 0. The Morgan fingerprint density at radius 1 is 1.07 bits per heavy atom. The predicted octanol–water partition coefficient (Wildman–Crippen LogP) is 3.08. The number of carbonyl (C=O) groups is 2. The molecule has 0 atom stereocenters. The molecule has 8 heteroatoms. The lowest BCUT2D eigenvalue weighted by Gasteiger charge is -2.08. The van der Waals surface area contributed by atoms with Crippen molar-refractivity contribution in [1.29, 1.82) is 0 Å². The number of aryl methyl sites for hydroxylation is 2. The Balaban J connectivity index is 1.76. The number of anilines is 1. The average Bonchev–Trinajstić information content (AvgIpc) is 2.93. The number of carboxylic acid groups (broad SMARTS) is 1. The summed E-state index contributed by atoms with van der Waals surface area (Å²) in [7, 11) is 0. The van der Waals surface area contributed by atoms with Gasteiger partial charge in [0.1, 0.15) is 5.82 Å². The molecule has 3 rings (SSSR count). The molecule has 3 aromatic rings. The Labute approximate surface area is 160 Å². The van der Waals surface area contributed by atoms with E-state index in [4.69, 9.17) is 5.11 Å². The van der Waals surface area contributed by atoms with Crippen LogP contribution in [0, 0.1) is 5.82 Å². The van der Waals surface area contributed by atoms with Crippen LogP contribution in [0.3, 0.4) is 0 Å². The van der Waals surface area contributed by atoms with Gasteiger partial charge in [-0.1, -0.05) is 19.1 Å². The second kappa shape index (κ2) is 8.08. The predicted molar refractivity (Wildman–Crippen MR) is 103 cm³/mol. The van der Waals surface area contributed by atoms with Crippen molar-refractivity contribution in [3.63, 3.8) is 0 Å². The van der Waals surface area contributed by atoms with E-state index < -0.39 is 17.7 Å². The molecule has 0 aliphatic carbocycles. The minimum atomic E-state index is -1.25. The van der Waals surface area contributed by atoms with Gasteiger partial charge in [-0.3, -0.25) is 13.9 Å². The normalized spacial score (nSPS) is 10.9. The lowest BCUT2D eigenvalue weighted by molar-refractivity contribution is -0.116. The summed E-state index contributed by atoms with van der Waals surface area (Å²) in [6.07, 6.45) is 0.778. The van der Waals surface area contributed by atoms with E-state index in [0.29, 0.717) is 6.54 Å². The van der Waals surface area contributed by atoms with E-state index >= 15 is 0 Å². The summed E-state index contributed by atoms with van der Waals surface area (Å²) in [4.78, 5) is 35.7. The van der Waals surface area contributed by atoms with E-state index in [1.165, 1.54) is 16.7 Å². The van der Waals surface area contributed by atoms with E-state index in [-0.39, 0.29) is 29.9 Å². The number of aromatic carboxylic acids is 1. The number of hydrogen-bond acceptors (Lipinski definition) is 3. The SMILES string of the molecule is CCCn1c(=O)n(CCC(=O)Nc2ccc(C(=O)O)cc2F)c2ccccc21. The molecule has 2 N–H and O–H groups in total. The average molecular weight is 385 g/mol. The number of hydrogen-bond donors (Lipinski definition) is 2. The molecule has 1 heterocycles. The first-order valence-corrected chi connectivity index (χ1v) is 8.93. The number of carbonyl (C=O) groups excluding carboxylic acids is 1. The smallest absolute Gasteiger partial charge is 0.335 e. The van der Waals surface area contributed by atoms with Crippen molar-refractivity contribution >= 4 is 28.6 Å². The van der Waals surface area contributed by atoms with Crippen molar-refractivity contribution in [2.24, 2.45) is 0 Å². The molecule has 0 fully saturated rings. The molecule has 0 spiro atoms. The van der Waals surface area contributed by atoms with Gasteiger partial charge in [0.05, 0.1) is 22.3 Å². The maximum absolute atomic E-state index is 14.0. The molecule has 0 saturated heterocycles. The molecule has 28 heavy (non-hydrogen) atoms. The van der Waals surface area contributed by atoms with Crippen LogP contribution in [-0.2, 0) is 17.9 Å². The number of amides is 1. The van der Waals surface area contributed by atoms with E-state index in [1.54, 1.807) is 4.57 Å². The van der Waals surface area contributed by atoms with Crippen LogP contribution in [0.5, 0.6) is 0 Å². The molecule has 1 aromatic heterocycles. The van der Waals surface area contributed by atoms with Gasteiger partial charge in [0.2, 0.25) is 5.91 Å². The fourth-order valence-corrected chi connectivity index (χ4v) is 3.10. The van der Waals surface area contributed by atoms with Crippen molar-refractivity contribution in [2.75, 3.05) is 5.32 Å². The molecule has 146 valence electrons. The maximum atomic E-state index is 14.0. The summed E-state index contributed by atoms with van der Waals surface area (Å²) in [5, 5.41) is 11.3. The highest BCUT2D eigenvalue weighted by molar-refractivity contribution is 5.92. The van der Waals surface area contributed by atoms with Gasteiger partial charge < -0.3 is 10.4 Å². The van der Waals surface area contributed by atoms with Crippen LogP contribution in [0.4, 0.5) is 10.1 Å². The van der Waals surface area contributed by atoms with Crippen LogP contribution in [0.2, 0.25) is 0 Å². The molecular weight excluding hydrogens is 365 g/mol. The van der Waals surface area contributed by atoms with E-state index in [1.807, 2.05) is 31.2 Å². The Hall–Kier alpha value is -3.42. The van der Waals surface area contributed by atoms with Gasteiger partial charge in [-0.15, -0.1) is 0 Å². The summed E-state index contributed by atoms with van der Waals surface area (Å²) < 4.78 is 17.2. The third-order valence-electron chi connectivity index (χ3n) is 4.42. The number of imidazole rings is 1. The standard InChI is InChI=1S/C20H20FN3O4/c1-2-10-23-16-5-3-4-6-17(16)24(20(23)28)11-9-18(25)22-15-8-7-13(19(26)27)12-14(15)21/h3-8,12H,2,9-11H2,1H3,(H,22,25)(H,26,27). The number of nitrogens with one attached hydrogen (secondary N) is 1. The minimum Gasteiger partial charge on any atom is -0.478 e. The van der Waals surface area contributed by atoms with Crippen LogP contribution in [0.15, 0.2) is 47.3 Å². The summed E-state index contributed by atoms with van der Waals surface area (Å²) in [5.74, 6) is -2.55. The van der Waals surface area contributed by atoms with Crippen LogP contribution in [0.1, 0.15) is 30.1 Å². The van der Waals surface area contributed by atoms with Crippen molar-refractivity contribution in [3.05, 3.63) is 64.3 Å². The zero-order chi connectivity index (χ0) is 20.3.